The van der Waals surface area contributed by atoms with E-state index in [-0.39, 0.29) is 12.5 Å². The van der Waals surface area contributed by atoms with Gasteiger partial charge in [-0.3, -0.25) is 4.79 Å². The van der Waals surface area contributed by atoms with Crippen molar-refractivity contribution < 1.29 is 14.6 Å². The van der Waals surface area contributed by atoms with Gasteiger partial charge in [-0.15, -0.1) is 0 Å². The summed E-state index contributed by atoms with van der Waals surface area (Å²) in [6.07, 6.45) is 0. The van der Waals surface area contributed by atoms with Crippen LogP contribution in [0.25, 0.3) is 0 Å². The second-order valence-corrected chi connectivity index (χ2v) is 1.97. The molecule has 68 valence electrons. The van der Waals surface area contributed by atoms with Crippen molar-refractivity contribution in [3.8, 4) is 11.8 Å². The van der Waals surface area contributed by atoms with E-state index in [1.807, 2.05) is 0 Å². The number of aliphatic hydroxyl groups is 1. The third kappa shape index (κ3) is 7.06. The molecule has 0 aromatic heterocycles. The Balaban J connectivity index is 3.18. The molecule has 0 heterocycles. The standard InChI is InChI=1S/C8H13NO3/c1-2-3-8(11)9-4-6-12-7-5-10/h10H,4-7H2,1H3,(H,9,11). The summed E-state index contributed by atoms with van der Waals surface area (Å²) in [4.78, 5) is 10.7. The molecule has 1 amide bonds. The van der Waals surface area contributed by atoms with Crippen LogP contribution in [0.1, 0.15) is 6.92 Å². The fraction of sp³-hybridized carbons (Fsp3) is 0.625. The van der Waals surface area contributed by atoms with Crippen molar-refractivity contribution in [3.05, 3.63) is 0 Å². The Hall–Kier alpha value is -1.05. The fourth-order valence-corrected chi connectivity index (χ4v) is 0.561. The summed E-state index contributed by atoms with van der Waals surface area (Å²) in [6.45, 7) is 2.73. The van der Waals surface area contributed by atoms with Crippen LogP contribution in [0.5, 0.6) is 0 Å². The van der Waals surface area contributed by atoms with Crippen LogP contribution in [0, 0.1) is 11.8 Å². The van der Waals surface area contributed by atoms with Crippen molar-refractivity contribution >= 4 is 5.91 Å². The Bertz CT molecular complexity index is 180. The van der Waals surface area contributed by atoms with E-state index in [1.165, 1.54) is 0 Å². The van der Waals surface area contributed by atoms with E-state index in [1.54, 1.807) is 6.92 Å². The van der Waals surface area contributed by atoms with Crippen LogP contribution in [-0.4, -0.2) is 37.4 Å². The highest BCUT2D eigenvalue weighted by molar-refractivity contribution is 5.93. The van der Waals surface area contributed by atoms with Gasteiger partial charge in [-0.1, -0.05) is 5.92 Å². The monoisotopic (exact) mass is 171 g/mol. The molecule has 4 heteroatoms. The van der Waals surface area contributed by atoms with Gasteiger partial charge in [0, 0.05) is 6.54 Å². The van der Waals surface area contributed by atoms with Crippen LogP contribution < -0.4 is 5.32 Å². The van der Waals surface area contributed by atoms with Gasteiger partial charge in [0.2, 0.25) is 0 Å². The predicted octanol–water partition coefficient (Wildman–Crippen LogP) is -0.865. The van der Waals surface area contributed by atoms with Crippen LogP contribution in [0.3, 0.4) is 0 Å². The van der Waals surface area contributed by atoms with E-state index in [0.29, 0.717) is 19.8 Å². The second kappa shape index (κ2) is 8.05. The quantitative estimate of drug-likeness (QED) is 0.418. The lowest BCUT2D eigenvalue weighted by Gasteiger charge is -2.01. The molecule has 0 saturated carbocycles. The highest BCUT2D eigenvalue weighted by Crippen LogP contribution is 1.71. The van der Waals surface area contributed by atoms with Gasteiger partial charge in [0.05, 0.1) is 19.8 Å². The molecule has 4 nitrogen and oxygen atoms in total. The molecule has 0 aliphatic carbocycles. The van der Waals surface area contributed by atoms with E-state index in [0.717, 1.165) is 0 Å². The van der Waals surface area contributed by atoms with Gasteiger partial charge in [-0.25, -0.2) is 0 Å². The van der Waals surface area contributed by atoms with Gasteiger partial charge in [-0.2, -0.15) is 0 Å². The molecule has 0 spiro atoms. The Morgan fingerprint density at radius 3 is 2.92 bits per heavy atom. The molecule has 0 rings (SSSR count). The third-order valence-electron chi connectivity index (χ3n) is 1.01. The van der Waals surface area contributed by atoms with Crippen LogP contribution in [0.4, 0.5) is 0 Å². The number of hydrogen-bond acceptors (Lipinski definition) is 3. The Labute approximate surface area is 71.9 Å². The molecule has 0 fully saturated rings. The number of carbonyl (C=O) groups excluding carboxylic acids is 1. The SMILES string of the molecule is CC#CC(=O)NCCOCCO. The summed E-state index contributed by atoms with van der Waals surface area (Å²) in [5.41, 5.74) is 0. The van der Waals surface area contributed by atoms with Crippen molar-refractivity contribution in [2.75, 3.05) is 26.4 Å². The van der Waals surface area contributed by atoms with Crippen molar-refractivity contribution in [3.63, 3.8) is 0 Å². The molecule has 12 heavy (non-hydrogen) atoms. The molecular weight excluding hydrogens is 158 g/mol. The predicted molar refractivity (Wildman–Crippen MR) is 44.4 cm³/mol. The van der Waals surface area contributed by atoms with Gasteiger partial charge < -0.3 is 15.2 Å². The molecular formula is C8H13NO3. The minimum Gasteiger partial charge on any atom is -0.394 e. The van der Waals surface area contributed by atoms with Crippen molar-refractivity contribution in [1.29, 1.82) is 0 Å². The van der Waals surface area contributed by atoms with Crippen LogP contribution in [0.15, 0.2) is 0 Å². The first-order valence-electron chi connectivity index (χ1n) is 3.70. The maximum absolute atomic E-state index is 10.7. The van der Waals surface area contributed by atoms with E-state index in [9.17, 15) is 4.79 Å². The summed E-state index contributed by atoms with van der Waals surface area (Å²) in [5.74, 6) is 4.51. The zero-order chi connectivity index (χ0) is 9.23. The average molecular weight is 171 g/mol. The van der Waals surface area contributed by atoms with Crippen LogP contribution in [-0.2, 0) is 9.53 Å². The van der Waals surface area contributed by atoms with Crippen molar-refractivity contribution in [1.82, 2.24) is 5.32 Å². The maximum atomic E-state index is 10.7. The zero-order valence-corrected chi connectivity index (χ0v) is 7.09. The summed E-state index contributed by atoms with van der Waals surface area (Å²) < 4.78 is 4.90. The lowest BCUT2D eigenvalue weighted by molar-refractivity contribution is -0.115. The van der Waals surface area contributed by atoms with E-state index >= 15 is 0 Å². The van der Waals surface area contributed by atoms with Gasteiger partial charge in [0.1, 0.15) is 0 Å². The van der Waals surface area contributed by atoms with Crippen LogP contribution >= 0.6 is 0 Å². The zero-order valence-electron chi connectivity index (χ0n) is 7.09. The number of hydrogen-bond donors (Lipinski definition) is 2. The largest absolute Gasteiger partial charge is 0.394 e. The molecule has 0 aliphatic rings. The molecule has 0 aromatic carbocycles. The fourth-order valence-electron chi connectivity index (χ4n) is 0.561. The normalized spacial score (nSPS) is 8.50. The van der Waals surface area contributed by atoms with E-state index in [4.69, 9.17) is 9.84 Å². The topological polar surface area (TPSA) is 58.6 Å². The van der Waals surface area contributed by atoms with Crippen molar-refractivity contribution in [2.45, 2.75) is 6.92 Å². The molecule has 0 saturated heterocycles. The Morgan fingerprint density at radius 1 is 1.58 bits per heavy atom. The number of carbonyl (C=O) groups is 1. The van der Waals surface area contributed by atoms with Gasteiger partial charge in [0.25, 0.3) is 5.91 Å². The molecule has 0 atom stereocenters. The third-order valence-corrected chi connectivity index (χ3v) is 1.01. The smallest absolute Gasteiger partial charge is 0.295 e. The van der Waals surface area contributed by atoms with E-state index in [2.05, 4.69) is 17.2 Å². The molecule has 0 radical (unpaired) electrons. The Kier molecular flexibility index (Phi) is 7.35. The number of ether oxygens (including phenoxy) is 1. The first-order valence-corrected chi connectivity index (χ1v) is 3.70. The lowest BCUT2D eigenvalue weighted by atomic mass is 10.5. The van der Waals surface area contributed by atoms with Crippen LogP contribution in [0.2, 0.25) is 0 Å². The lowest BCUT2D eigenvalue weighted by Crippen LogP contribution is -2.26. The first kappa shape index (κ1) is 11.0. The number of aliphatic hydroxyl groups excluding tert-OH is 1. The summed E-state index contributed by atoms with van der Waals surface area (Å²) in [5, 5.41) is 10.8. The molecule has 0 aromatic rings. The average Bonchev–Trinajstić information content (AvgIpc) is 2.05. The summed E-state index contributed by atoms with van der Waals surface area (Å²) >= 11 is 0. The molecule has 0 bridgehead atoms. The number of amides is 1. The van der Waals surface area contributed by atoms with Gasteiger partial charge in [-0.05, 0) is 12.8 Å². The first-order chi connectivity index (χ1) is 5.81. The molecule has 2 N–H and O–H groups in total. The van der Waals surface area contributed by atoms with Gasteiger partial charge in [0.15, 0.2) is 0 Å². The minimum absolute atomic E-state index is 0.00269. The number of rotatable bonds is 5. The Morgan fingerprint density at radius 2 is 2.33 bits per heavy atom. The number of nitrogens with one attached hydrogen (secondary N) is 1. The minimum atomic E-state index is -0.301. The molecule has 0 unspecified atom stereocenters. The highest BCUT2D eigenvalue weighted by Gasteiger charge is 1.92. The van der Waals surface area contributed by atoms with Gasteiger partial charge >= 0.3 is 0 Å². The summed E-state index contributed by atoms with van der Waals surface area (Å²) in [7, 11) is 0. The molecule has 0 aliphatic heterocycles. The maximum Gasteiger partial charge on any atom is 0.295 e. The second-order valence-electron chi connectivity index (χ2n) is 1.97. The van der Waals surface area contributed by atoms with Crippen molar-refractivity contribution in [2.24, 2.45) is 0 Å². The summed E-state index contributed by atoms with van der Waals surface area (Å²) in [6, 6.07) is 0. The highest BCUT2D eigenvalue weighted by atomic mass is 16.5. The van der Waals surface area contributed by atoms with E-state index < -0.39 is 0 Å².